The Morgan fingerprint density at radius 3 is 2.90 bits per heavy atom. The zero-order valence-corrected chi connectivity index (χ0v) is 18.8. The van der Waals surface area contributed by atoms with Crippen LogP contribution in [0.25, 0.3) is 0 Å². The SMILES string of the molecule is C=C/N=c1/c(NCC2CCOC2)nc(Cl)nn1C1CCC(COP(O)CP(O)O)O1. The molecule has 11 nitrogen and oxygen atoms in total. The van der Waals surface area contributed by atoms with Crippen LogP contribution in [-0.2, 0) is 14.0 Å². The number of nitrogens with zero attached hydrogens (tertiary/aromatic N) is 4. The van der Waals surface area contributed by atoms with E-state index in [0.29, 0.717) is 43.2 Å². The van der Waals surface area contributed by atoms with Crippen LogP contribution in [0, 0.1) is 5.92 Å². The highest BCUT2D eigenvalue weighted by Crippen LogP contribution is 2.44. The number of ether oxygens (including phenoxy) is 2. The Morgan fingerprint density at radius 2 is 2.20 bits per heavy atom. The van der Waals surface area contributed by atoms with E-state index >= 15 is 0 Å². The van der Waals surface area contributed by atoms with Gasteiger partial charge in [0.05, 0.1) is 25.2 Å². The minimum absolute atomic E-state index is 0.0598. The molecule has 30 heavy (non-hydrogen) atoms. The first kappa shape index (κ1) is 23.9. The third kappa shape index (κ3) is 6.88. The number of aromatic nitrogens is 3. The predicted molar refractivity (Wildman–Crippen MR) is 113 cm³/mol. The summed E-state index contributed by atoms with van der Waals surface area (Å²) in [6, 6.07) is 0. The molecule has 0 aromatic carbocycles. The van der Waals surface area contributed by atoms with Gasteiger partial charge in [0.15, 0.2) is 34.3 Å². The first-order valence-electron chi connectivity index (χ1n) is 9.49. The van der Waals surface area contributed by atoms with Crippen molar-refractivity contribution in [3.8, 4) is 0 Å². The van der Waals surface area contributed by atoms with Crippen molar-refractivity contribution in [1.29, 1.82) is 0 Å². The summed E-state index contributed by atoms with van der Waals surface area (Å²) in [5.74, 6) is 0.712. The Labute approximate surface area is 181 Å². The molecule has 4 N–H and O–H groups in total. The second-order valence-electron chi connectivity index (χ2n) is 6.87. The molecule has 0 amide bonds. The van der Waals surface area contributed by atoms with Crippen molar-refractivity contribution in [2.45, 2.75) is 31.6 Å². The normalized spacial score (nSPS) is 25.8. The summed E-state index contributed by atoms with van der Waals surface area (Å²) < 4.78 is 18.3. The van der Waals surface area contributed by atoms with Gasteiger partial charge in [-0.15, -0.1) is 5.10 Å². The number of nitrogens with one attached hydrogen (secondary N) is 1. The van der Waals surface area contributed by atoms with Gasteiger partial charge in [0.2, 0.25) is 5.28 Å². The van der Waals surface area contributed by atoms with Crippen molar-refractivity contribution in [2.24, 2.45) is 10.9 Å². The van der Waals surface area contributed by atoms with E-state index in [1.54, 1.807) is 4.68 Å². The van der Waals surface area contributed by atoms with Gasteiger partial charge in [-0.05, 0) is 30.9 Å². The predicted octanol–water partition coefficient (Wildman–Crippen LogP) is 1.68. The molecule has 14 heteroatoms. The summed E-state index contributed by atoms with van der Waals surface area (Å²) in [5, 5.41) is 7.61. The van der Waals surface area contributed by atoms with Crippen LogP contribution in [-0.4, -0.2) is 67.8 Å². The molecule has 2 aliphatic heterocycles. The van der Waals surface area contributed by atoms with Gasteiger partial charge < -0.3 is 34.0 Å². The van der Waals surface area contributed by atoms with E-state index in [1.165, 1.54) is 6.20 Å². The number of anilines is 1. The van der Waals surface area contributed by atoms with Gasteiger partial charge in [0, 0.05) is 25.3 Å². The quantitative estimate of drug-likeness (QED) is 0.367. The Morgan fingerprint density at radius 1 is 1.37 bits per heavy atom. The lowest BCUT2D eigenvalue weighted by atomic mass is 10.1. The van der Waals surface area contributed by atoms with Gasteiger partial charge in [-0.3, -0.25) is 0 Å². The summed E-state index contributed by atoms with van der Waals surface area (Å²) >= 11 is 6.15. The summed E-state index contributed by atoms with van der Waals surface area (Å²) in [6.45, 7) is 5.95. The maximum Gasteiger partial charge on any atom is 0.243 e. The van der Waals surface area contributed by atoms with E-state index in [9.17, 15) is 4.89 Å². The highest BCUT2D eigenvalue weighted by Gasteiger charge is 2.30. The fraction of sp³-hybridized carbons (Fsp3) is 0.688. The fourth-order valence-corrected chi connectivity index (χ4v) is 4.92. The number of hydrogen-bond donors (Lipinski definition) is 4. The van der Waals surface area contributed by atoms with Crippen molar-refractivity contribution < 1.29 is 28.7 Å². The molecule has 2 saturated heterocycles. The molecule has 0 aliphatic carbocycles. The van der Waals surface area contributed by atoms with Crippen LogP contribution in [0.2, 0.25) is 5.28 Å². The topological polar surface area (TPSA) is 143 Å². The Hall–Kier alpha value is -0.740. The minimum Gasteiger partial charge on any atom is -0.381 e. The van der Waals surface area contributed by atoms with Crippen molar-refractivity contribution in [2.75, 3.05) is 37.6 Å². The molecule has 2 fully saturated rings. The Kier molecular flexibility index (Phi) is 9.37. The van der Waals surface area contributed by atoms with Crippen LogP contribution in [0.1, 0.15) is 25.5 Å². The minimum atomic E-state index is -2.19. The van der Waals surface area contributed by atoms with Gasteiger partial charge in [-0.25, -0.2) is 9.67 Å². The zero-order valence-electron chi connectivity index (χ0n) is 16.3. The second-order valence-corrected chi connectivity index (χ2v) is 10.0. The van der Waals surface area contributed by atoms with E-state index in [1.807, 2.05) is 0 Å². The summed E-state index contributed by atoms with van der Waals surface area (Å²) in [7, 11) is -4.08. The van der Waals surface area contributed by atoms with Crippen LogP contribution in [0.5, 0.6) is 0 Å². The highest BCUT2D eigenvalue weighted by atomic mass is 35.5. The van der Waals surface area contributed by atoms with Gasteiger partial charge >= 0.3 is 0 Å². The maximum absolute atomic E-state index is 9.70. The standard InChI is InChI=1S/C16H26ClN5O6P2/c1-2-18-15-14(19-7-11-5-6-26-8-11)20-16(17)21-22(15)13-4-3-12(28-13)9-27-30(25)10-29(23)24/h2,11-13,23-25H,1,3-10H2,(H,19,20,21)/b18-15-. The van der Waals surface area contributed by atoms with Crippen LogP contribution < -0.4 is 10.8 Å². The van der Waals surface area contributed by atoms with Crippen LogP contribution >= 0.6 is 28.4 Å². The smallest absolute Gasteiger partial charge is 0.243 e. The fourth-order valence-electron chi connectivity index (χ4n) is 3.23. The lowest BCUT2D eigenvalue weighted by Crippen LogP contribution is -2.33. The van der Waals surface area contributed by atoms with Crippen molar-refractivity contribution in [1.82, 2.24) is 14.8 Å². The van der Waals surface area contributed by atoms with E-state index in [-0.39, 0.29) is 23.9 Å². The molecular weight excluding hydrogens is 456 g/mol. The molecule has 0 radical (unpaired) electrons. The summed E-state index contributed by atoms with van der Waals surface area (Å²) in [6.07, 6.45) is 2.98. The molecule has 2 aliphatic rings. The molecule has 0 bridgehead atoms. The first-order chi connectivity index (χ1) is 14.5. The molecule has 0 spiro atoms. The Balaban J connectivity index is 1.68. The molecule has 1 aromatic heterocycles. The number of rotatable bonds is 10. The third-order valence-corrected chi connectivity index (χ3v) is 7.22. The lowest BCUT2D eigenvalue weighted by molar-refractivity contribution is -0.0263. The average molecular weight is 482 g/mol. The molecule has 4 atom stereocenters. The van der Waals surface area contributed by atoms with E-state index in [4.69, 9.17) is 35.4 Å². The molecule has 4 unspecified atom stereocenters. The number of halogens is 1. The number of hydrogen-bond acceptors (Lipinski definition) is 10. The first-order valence-corrected chi connectivity index (χ1v) is 12.7. The monoisotopic (exact) mass is 481 g/mol. The van der Waals surface area contributed by atoms with Gasteiger partial charge in [-0.1, -0.05) is 6.58 Å². The molecule has 3 rings (SSSR count). The van der Waals surface area contributed by atoms with Crippen LogP contribution in [0.4, 0.5) is 5.82 Å². The average Bonchev–Trinajstić information content (AvgIpc) is 3.37. The van der Waals surface area contributed by atoms with Crippen molar-refractivity contribution in [3.63, 3.8) is 0 Å². The molecule has 3 heterocycles. The van der Waals surface area contributed by atoms with E-state index in [2.05, 4.69) is 27.0 Å². The molecule has 0 saturated carbocycles. The zero-order chi connectivity index (χ0) is 21.5. The largest absolute Gasteiger partial charge is 0.381 e. The Bertz CT molecular complexity index is 779. The lowest BCUT2D eigenvalue weighted by Gasteiger charge is -2.19. The van der Waals surface area contributed by atoms with Crippen molar-refractivity contribution in [3.05, 3.63) is 23.6 Å². The highest BCUT2D eigenvalue weighted by molar-refractivity contribution is 7.63. The maximum atomic E-state index is 9.70. The van der Waals surface area contributed by atoms with Gasteiger partial charge in [-0.2, -0.15) is 4.98 Å². The van der Waals surface area contributed by atoms with Crippen LogP contribution in [0.15, 0.2) is 17.8 Å². The molecule has 1 aromatic rings. The molecular formula is C16H26ClN5O6P2. The van der Waals surface area contributed by atoms with E-state index in [0.717, 1.165) is 13.0 Å². The van der Waals surface area contributed by atoms with Gasteiger partial charge in [0.25, 0.3) is 0 Å². The van der Waals surface area contributed by atoms with Crippen LogP contribution in [0.3, 0.4) is 0 Å². The van der Waals surface area contributed by atoms with E-state index < -0.39 is 23.0 Å². The summed E-state index contributed by atoms with van der Waals surface area (Å²) in [4.78, 5) is 36.2. The summed E-state index contributed by atoms with van der Waals surface area (Å²) in [5.41, 5.74) is 0.454. The third-order valence-electron chi connectivity index (χ3n) is 4.63. The van der Waals surface area contributed by atoms with Crippen molar-refractivity contribution >= 4 is 34.2 Å². The molecule has 168 valence electrons. The second kappa shape index (κ2) is 11.8. The van der Waals surface area contributed by atoms with Gasteiger partial charge in [0.1, 0.15) is 0 Å².